The SMILES string of the molecule is CCOC(=O)C(=O)[C@@H]1CCCN1C(=O)CCC(=O)N(Cc1ccccc1)c1ccccc1. The molecule has 3 rings (SSSR count). The molecule has 1 atom stereocenters. The number of Topliss-reactive ketones (excluding diaryl/α,β-unsaturated/α-hetero) is 1. The van der Waals surface area contributed by atoms with E-state index >= 15 is 0 Å². The third kappa shape index (κ3) is 5.81. The Kier molecular flexibility index (Phi) is 8.14. The summed E-state index contributed by atoms with van der Waals surface area (Å²) in [5.41, 5.74) is 1.74. The smallest absolute Gasteiger partial charge is 0.376 e. The number of anilines is 1. The third-order valence-electron chi connectivity index (χ3n) is 5.46. The number of likely N-dealkylation sites (tertiary alicyclic amines) is 1. The zero-order chi connectivity index (χ0) is 22.9. The van der Waals surface area contributed by atoms with Gasteiger partial charge in [-0.05, 0) is 37.5 Å². The molecule has 1 saturated heterocycles. The Morgan fingerprint density at radius 2 is 1.62 bits per heavy atom. The van der Waals surface area contributed by atoms with Crippen molar-refractivity contribution in [3.8, 4) is 0 Å². The van der Waals surface area contributed by atoms with Gasteiger partial charge in [0.2, 0.25) is 11.8 Å². The van der Waals surface area contributed by atoms with Gasteiger partial charge in [-0.25, -0.2) is 4.79 Å². The van der Waals surface area contributed by atoms with Crippen molar-refractivity contribution in [2.45, 2.75) is 45.2 Å². The van der Waals surface area contributed by atoms with Crippen LogP contribution in [0.5, 0.6) is 0 Å². The number of benzene rings is 2. The highest BCUT2D eigenvalue weighted by Crippen LogP contribution is 2.22. The zero-order valence-corrected chi connectivity index (χ0v) is 18.2. The van der Waals surface area contributed by atoms with Crippen molar-refractivity contribution in [1.29, 1.82) is 0 Å². The first kappa shape index (κ1) is 23.2. The van der Waals surface area contributed by atoms with E-state index in [9.17, 15) is 19.2 Å². The number of hydrogen-bond acceptors (Lipinski definition) is 5. The molecule has 0 aromatic heterocycles. The summed E-state index contributed by atoms with van der Waals surface area (Å²) in [6.45, 7) is 2.53. The number of esters is 1. The van der Waals surface area contributed by atoms with Crippen LogP contribution in [0.15, 0.2) is 60.7 Å². The molecule has 1 aliphatic heterocycles. The molecule has 168 valence electrons. The van der Waals surface area contributed by atoms with Crippen molar-refractivity contribution in [3.05, 3.63) is 66.2 Å². The monoisotopic (exact) mass is 436 g/mol. The standard InChI is InChI=1S/C25H28N2O5/c1-2-32-25(31)24(30)21-14-9-17-26(21)22(28)15-16-23(29)27(20-12-7-4-8-13-20)18-19-10-5-3-6-11-19/h3-8,10-13,21H,2,9,14-18H2,1H3/t21-/m0/s1. The van der Waals surface area contributed by atoms with Crippen LogP contribution in [-0.2, 0) is 30.5 Å². The lowest BCUT2D eigenvalue weighted by atomic mass is 10.1. The number of carbonyl (C=O) groups is 4. The first-order valence-electron chi connectivity index (χ1n) is 10.9. The molecular weight excluding hydrogens is 408 g/mol. The van der Waals surface area contributed by atoms with E-state index in [1.165, 1.54) is 4.90 Å². The summed E-state index contributed by atoms with van der Waals surface area (Å²) in [5.74, 6) is -2.09. The summed E-state index contributed by atoms with van der Waals surface area (Å²) in [6.07, 6.45) is 1.06. The molecule has 0 bridgehead atoms. The van der Waals surface area contributed by atoms with Gasteiger partial charge in [-0.2, -0.15) is 0 Å². The van der Waals surface area contributed by atoms with Gasteiger partial charge in [0.25, 0.3) is 5.78 Å². The van der Waals surface area contributed by atoms with E-state index in [4.69, 9.17) is 4.74 Å². The molecule has 0 saturated carbocycles. The van der Waals surface area contributed by atoms with Crippen LogP contribution in [0.4, 0.5) is 5.69 Å². The summed E-state index contributed by atoms with van der Waals surface area (Å²) in [6, 6.07) is 18.2. The van der Waals surface area contributed by atoms with Crippen molar-refractivity contribution in [2.75, 3.05) is 18.1 Å². The molecule has 7 nitrogen and oxygen atoms in total. The lowest BCUT2D eigenvalue weighted by molar-refractivity contribution is -0.156. The van der Waals surface area contributed by atoms with Crippen LogP contribution in [0, 0.1) is 0 Å². The fourth-order valence-electron chi connectivity index (χ4n) is 3.87. The summed E-state index contributed by atoms with van der Waals surface area (Å²) in [4.78, 5) is 53.1. The highest BCUT2D eigenvalue weighted by Gasteiger charge is 2.37. The quantitative estimate of drug-likeness (QED) is 0.445. The summed E-state index contributed by atoms with van der Waals surface area (Å²) >= 11 is 0. The summed E-state index contributed by atoms with van der Waals surface area (Å²) in [5, 5.41) is 0. The van der Waals surface area contributed by atoms with E-state index in [2.05, 4.69) is 0 Å². The maximum atomic E-state index is 13.1. The van der Waals surface area contributed by atoms with Crippen molar-refractivity contribution in [3.63, 3.8) is 0 Å². The van der Waals surface area contributed by atoms with Gasteiger partial charge in [0, 0.05) is 25.1 Å². The number of nitrogens with zero attached hydrogens (tertiary/aromatic N) is 2. The van der Waals surface area contributed by atoms with E-state index in [0.29, 0.717) is 25.9 Å². The lowest BCUT2D eigenvalue weighted by Gasteiger charge is -2.25. The van der Waals surface area contributed by atoms with Crippen LogP contribution < -0.4 is 4.90 Å². The van der Waals surface area contributed by atoms with Crippen LogP contribution >= 0.6 is 0 Å². The van der Waals surface area contributed by atoms with Crippen molar-refractivity contribution in [1.82, 2.24) is 4.90 Å². The number of carbonyl (C=O) groups excluding carboxylic acids is 4. The largest absolute Gasteiger partial charge is 0.460 e. The summed E-state index contributed by atoms with van der Waals surface area (Å²) < 4.78 is 4.79. The van der Waals surface area contributed by atoms with Gasteiger partial charge in [-0.1, -0.05) is 48.5 Å². The Labute approximate surface area is 188 Å². The second-order valence-corrected chi connectivity index (χ2v) is 7.63. The second-order valence-electron chi connectivity index (χ2n) is 7.63. The van der Waals surface area contributed by atoms with Crippen molar-refractivity contribution < 1.29 is 23.9 Å². The molecule has 1 fully saturated rings. The van der Waals surface area contributed by atoms with Gasteiger partial charge in [-0.15, -0.1) is 0 Å². The van der Waals surface area contributed by atoms with Crippen molar-refractivity contribution in [2.24, 2.45) is 0 Å². The minimum Gasteiger partial charge on any atom is -0.460 e. The average Bonchev–Trinajstić information content (AvgIpc) is 3.31. The molecular formula is C25H28N2O5. The Hall–Kier alpha value is -3.48. The molecule has 7 heteroatoms. The predicted octanol–water partition coefficient (Wildman–Crippen LogP) is 3.12. The minimum atomic E-state index is -0.911. The third-order valence-corrected chi connectivity index (χ3v) is 5.46. The molecule has 1 heterocycles. The van der Waals surface area contributed by atoms with Gasteiger partial charge in [0.05, 0.1) is 13.2 Å². The highest BCUT2D eigenvalue weighted by molar-refractivity contribution is 6.36. The molecule has 0 aliphatic carbocycles. The van der Waals surface area contributed by atoms with Crippen LogP contribution in [0.2, 0.25) is 0 Å². The maximum Gasteiger partial charge on any atom is 0.376 e. The fourth-order valence-corrected chi connectivity index (χ4v) is 3.87. The molecule has 2 aromatic rings. The second kappa shape index (κ2) is 11.2. The van der Waals surface area contributed by atoms with Crippen LogP contribution in [0.3, 0.4) is 0 Å². The van der Waals surface area contributed by atoms with E-state index < -0.39 is 17.8 Å². The van der Waals surface area contributed by atoms with E-state index in [1.54, 1.807) is 11.8 Å². The first-order valence-corrected chi connectivity index (χ1v) is 10.9. The maximum absolute atomic E-state index is 13.1. The first-order chi connectivity index (χ1) is 15.5. The molecule has 2 aromatic carbocycles. The number of para-hydroxylation sites is 1. The van der Waals surface area contributed by atoms with Gasteiger partial charge in [-0.3, -0.25) is 14.4 Å². The average molecular weight is 437 g/mol. The Bertz CT molecular complexity index is 945. The minimum absolute atomic E-state index is 0.0113. The van der Waals surface area contributed by atoms with E-state index in [1.807, 2.05) is 60.7 Å². The number of hydrogen-bond donors (Lipinski definition) is 0. The molecule has 2 amide bonds. The zero-order valence-electron chi connectivity index (χ0n) is 18.2. The number of amides is 2. The normalized spacial score (nSPS) is 15.3. The van der Waals surface area contributed by atoms with Gasteiger partial charge >= 0.3 is 5.97 Å². The van der Waals surface area contributed by atoms with Crippen LogP contribution in [0.25, 0.3) is 0 Å². The molecule has 32 heavy (non-hydrogen) atoms. The lowest BCUT2D eigenvalue weighted by Crippen LogP contribution is -2.44. The van der Waals surface area contributed by atoms with E-state index in [0.717, 1.165) is 11.3 Å². The number of rotatable bonds is 9. The van der Waals surface area contributed by atoms with Gasteiger partial charge in [0.15, 0.2) is 0 Å². The van der Waals surface area contributed by atoms with Gasteiger partial charge < -0.3 is 14.5 Å². The topological polar surface area (TPSA) is 84.0 Å². The molecule has 0 N–H and O–H groups in total. The fraction of sp³-hybridized carbons (Fsp3) is 0.360. The van der Waals surface area contributed by atoms with Crippen LogP contribution in [0.1, 0.15) is 38.2 Å². The molecule has 1 aliphatic rings. The highest BCUT2D eigenvalue weighted by atomic mass is 16.5. The van der Waals surface area contributed by atoms with Crippen molar-refractivity contribution >= 4 is 29.3 Å². The number of ketones is 1. The van der Waals surface area contributed by atoms with Crippen LogP contribution in [-0.4, -0.2) is 47.7 Å². The molecule has 0 unspecified atom stereocenters. The molecule has 0 radical (unpaired) electrons. The van der Waals surface area contributed by atoms with Gasteiger partial charge in [0.1, 0.15) is 6.04 Å². The Morgan fingerprint density at radius 3 is 2.28 bits per heavy atom. The van der Waals surface area contributed by atoms with E-state index in [-0.39, 0.29) is 31.3 Å². The predicted molar refractivity (Wildman–Crippen MR) is 120 cm³/mol. The molecule has 0 spiro atoms. The Morgan fingerprint density at radius 1 is 0.969 bits per heavy atom. The Balaban J connectivity index is 1.65. The summed E-state index contributed by atoms with van der Waals surface area (Å²) in [7, 11) is 0. The number of ether oxygens (including phenoxy) is 1.